The molecule has 0 unspecified atom stereocenters. The standard InChI is InChI=1S/C19H23N3O4/c1-13-17(19(24)25)12-20-22(13)15-6-8-21(9-7-15)18(23)11-14-4-3-5-16(10-14)26-2/h3-5,10,12,15H,6-9,11H2,1-2H3,(H,24,25). The molecule has 1 N–H and O–H groups in total. The number of piperidine rings is 1. The molecule has 3 rings (SSSR count). The molecule has 1 aliphatic heterocycles. The maximum Gasteiger partial charge on any atom is 0.339 e. The average Bonchev–Trinajstić information content (AvgIpc) is 3.03. The van der Waals surface area contributed by atoms with Gasteiger partial charge in [0.05, 0.1) is 31.5 Å². The van der Waals surface area contributed by atoms with E-state index in [0.29, 0.717) is 25.2 Å². The SMILES string of the molecule is COc1cccc(CC(=O)N2CCC(n3ncc(C(=O)O)c3C)CC2)c1. The number of hydrogen-bond donors (Lipinski definition) is 1. The molecule has 1 fully saturated rings. The highest BCUT2D eigenvalue weighted by Gasteiger charge is 2.26. The maximum absolute atomic E-state index is 12.6. The van der Waals surface area contributed by atoms with E-state index in [4.69, 9.17) is 9.84 Å². The van der Waals surface area contributed by atoms with Crippen LogP contribution >= 0.6 is 0 Å². The van der Waals surface area contributed by atoms with Crippen molar-refractivity contribution in [3.8, 4) is 5.75 Å². The number of likely N-dealkylation sites (tertiary alicyclic amines) is 1. The molecular formula is C19H23N3O4. The number of carboxylic acids is 1. The molecule has 0 saturated carbocycles. The van der Waals surface area contributed by atoms with Crippen molar-refractivity contribution in [1.82, 2.24) is 14.7 Å². The number of amides is 1. The number of hydrogen-bond acceptors (Lipinski definition) is 4. The zero-order valence-corrected chi connectivity index (χ0v) is 15.0. The van der Waals surface area contributed by atoms with Gasteiger partial charge in [0.15, 0.2) is 0 Å². The Labute approximate surface area is 152 Å². The molecule has 0 bridgehead atoms. The highest BCUT2D eigenvalue weighted by atomic mass is 16.5. The molecule has 138 valence electrons. The number of carbonyl (C=O) groups excluding carboxylic acids is 1. The molecule has 1 aromatic carbocycles. The minimum absolute atomic E-state index is 0.0973. The van der Waals surface area contributed by atoms with Gasteiger partial charge in [0.2, 0.25) is 5.91 Å². The largest absolute Gasteiger partial charge is 0.497 e. The summed E-state index contributed by atoms with van der Waals surface area (Å²) in [4.78, 5) is 25.6. The summed E-state index contributed by atoms with van der Waals surface area (Å²) in [6.45, 7) is 3.07. The van der Waals surface area contributed by atoms with Crippen molar-refractivity contribution in [2.45, 2.75) is 32.2 Å². The van der Waals surface area contributed by atoms with Gasteiger partial charge in [0.1, 0.15) is 11.3 Å². The Morgan fingerprint density at radius 3 is 2.65 bits per heavy atom. The Morgan fingerprint density at radius 1 is 1.31 bits per heavy atom. The summed E-state index contributed by atoms with van der Waals surface area (Å²) < 4.78 is 6.98. The number of nitrogens with zero attached hydrogens (tertiary/aromatic N) is 3. The molecule has 7 heteroatoms. The van der Waals surface area contributed by atoms with E-state index in [1.54, 1.807) is 18.7 Å². The first kappa shape index (κ1) is 18.0. The van der Waals surface area contributed by atoms with Crippen molar-refractivity contribution >= 4 is 11.9 Å². The van der Waals surface area contributed by atoms with Gasteiger partial charge >= 0.3 is 5.97 Å². The number of benzene rings is 1. The van der Waals surface area contributed by atoms with E-state index in [0.717, 1.165) is 24.2 Å². The second-order valence-electron chi connectivity index (χ2n) is 6.53. The molecule has 2 heterocycles. The molecule has 1 aliphatic rings. The fourth-order valence-electron chi connectivity index (χ4n) is 3.43. The third-order valence-electron chi connectivity index (χ3n) is 4.93. The monoisotopic (exact) mass is 357 g/mol. The lowest BCUT2D eigenvalue weighted by atomic mass is 10.0. The summed E-state index contributed by atoms with van der Waals surface area (Å²) >= 11 is 0. The van der Waals surface area contributed by atoms with Crippen LogP contribution in [0.5, 0.6) is 5.75 Å². The molecule has 2 aromatic rings. The lowest BCUT2D eigenvalue weighted by molar-refractivity contribution is -0.131. The summed E-state index contributed by atoms with van der Waals surface area (Å²) in [7, 11) is 1.61. The third-order valence-corrected chi connectivity index (χ3v) is 4.93. The van der Waals surface area contributed by atoms with Crippen LogP contribution in [-0.2, 0) is 11.2 Å². The van der Waals surface area contributed by atoms with Gasteiger partial charge in [0, 0.05) is 13.1 Å². The zero-order valence-electron chi connectivity index (χ0n) is 15.0. The first-order chi connectivity index (χ1) is 12.5. The summed E-state index contributed by atoms with van der Waals surface area (Å²) in [6, 6.07) is 7.67. The molecule has 0 spiro atoms. The molecule has 1 saturated heterocycles. The molecule has 0 aliphatic carbocycles. The average molecular weight is 357 g/mol. The topological polar surface area (TPSA) is 84.7 Å². The third kappa shape index (κ3) is 3.71. The molecule has 7 nitrogen and oxygen atoms in total. The number of carbonyl (C=O) groups is 2. The number of rotatable bonds is 5. The van der Waals surface area contributed by atoms with Crippen molar-refractivity contribution in [1.29, 1.82) is 0 Å². The van der Waals surface area contributed by atoms with E-state index < -0.39 is 5.97 Å². The number of carboxylic acid groups (broad SMARTS) is 1. The van der Waals surface area contributed by atoms with Gasteiger partial charge in [0.25, 0.3) is 0 Å². The number of methoxy groups -OCH3 is 1. The lowest BCUT2D eigenvalue weighted by Gasteiger charge is -2.32. The fraction of sp³-hybridized carbons (Fsp3) is 0.421. The first-order valence-electron chi connectivity index (χ1n) is 8.67. The van der Waals surface area contributed by atoms with Gasteiger partial charge in [-0.05, 0) is 37.5 Å². The minimum atomic E-state index is -0.959. The van der Waals surface area contributed by atoms with Crippen LogP contribution in [0.2, 0.25) is 0 Å². The van der Waals surface area contributed by atoms with E-state index in [1.807, 2.05) is 29.2 Å². The Morgan fingerprint density at radius 2 is 2.04 bits per heavy atom. The normalized spacial score (nSPS) is 15.1. The summed E-state index contributed by atoms with van der Waals surface area (Å²) in [6.07, 6.45) is 3.29. The summed E-state index contributed by atoms with van der Waals surface area (Å²) in [5, 5.41) is 13.4. The van der Waals surface area contributed by atoms with Gasteiger partial charge in [-0.2, -0.15) is 5.10 Å². The predicted octanol–water partition coefficient (Wildman–Crippen LogP) is 2.30. The second-order valence-corrected chi connectivity index (χ2v) is 6.53. The summed E-state index contributed by atoms with van der Waals surface area (Å²) in [5.41, 5.74) is 1.84. The molecule has 0 radical (unpaired) electrons. The van der Waals surface area contributed by atoms with Crippen LogP contribution in [0.25, 0.3) is 0 Å². The van der Waals surface area contributed by atoms with E-state index >= 15 is 0 Å². The quantitative estimate of drug-likeness (QED) is 0.888. The van der Waals surface area contributed by atoms with Crippen LogP contribution in [-0.4, -0.2) is 51.9 Å². The maximum atomic E-state index is 12.6. The highest BCUT2D eigenvalue weighted by molar-refractivity contribution is 5.88. The minimum Gasteiger partial charge on any atom is -0.497 e. The van der Waals surface area contributed by atoms with Crippen LogP contribution in [0.3, 0.4) is 0 Å². The van der Waals surface area contributed by atoms with E-state index in [9.17, 15) is 9.59 Å². The van der Waals surface area contributed by atoms with E-state index in [-0.39, 0.29) is 17.5 Å². The van der Waals surface area contributed by atoms with Crippen LogP contribution in [0, 0.1) is 6.92 Å². The molecule has 1 aromatic heterocycles. The van der Waals surface area contributed by atoms with Crippen molar-refractivity contribution < 1.29 is 19.4 Å². The van der Waals surface area contributed by atoms with Crippen LogP contribution in [0.15, 0.2) is 30.5 Å². The van der Waals surface area contributed by atoms with Gasteiger partial charge in [-0.25, -0.2) is 4.79 Å². The Balaban J connectivity index is 1.59. The van der Waals surface area contributed by atoms with Gasteiger partial charge in [-0.1, -0.05) is 12.1 Å². The van der Waals surface area contributed by atoms with Crippen LogP contribution in [0.1, 0.15) is 40.5 Å². The predicted molar refractivity (Wildman–Crippen MR) is 95.5 cm³/mol. The van der Waals surface area contributed by atoms with Gasteiger partial charge in [-0.3, -0.25) is 9.48 Å². The zero-order chi connectivity index (χ0) is 18.7. The van der Waals surface area contributed by atoms with Crippen molar-refractivity contribution in [2.24, 2.45) is 0 Å². The molecule has 1 amide bonds. The van der Waals surface area contributed by atoms with Crippen molar-refractivity contribution in [3.05, 3.63) is 47.3 Å². The molecule has 0 atom stereocenters. The van der Waals surface area contributed by atoms with Crippen LogP contribution in [0.4, 0.5) is 0 Å². The van der Waals surface area contributed by atoms with Gasteiger partial charge < -0.3 is 14.7 Å². The van der Waals surface area contributed by atoms with Crippen molar-refractivity contribution in [2.75, 3.05) is 20.2 Å². The summed E-state index contributed by atoms with van der Waals surface area (Å²) in [5.74, 6) is -0.114. The number of aromatic nitrogens is 2. The Kier molecular flexibility index (Phi) is 5.25. The molecular weight excluding hydrogens is 334 g/mol. The van der Waals surface area contributed by atoms with Crippen molar-refractivity contribution in [3.63, 3.8) is 0 Å². The van der Waals surface area contributed by atoms with Gasteiger partial charge in [-0.15, -0.1) is 0 Å². The Bertz CT molecular complexity index is 807. The van der Waals surface area contributed by atoms with E-state index in [1.165, 1.54) is 6.20 Å². The first-order valence-corrected chi connectivity index (χ1v) is 8.67. The number of ether oxygens (including phenoxy) is 1. The van der Waals surface area contributed by atoms with E-state index in [2.05, 4.69) is 5.10 Å². The smallest absolute Gasteiger partial charge is 0.339 e. The fourth-order valence-corrected chi connectivity index (χ4v) is 3.43. The van der Waals surface area contributed by atoms with Crippen LogP contribution < -0.4 is 4.74 Å². The molecule has 26 heavy (non-hydrogen) atoms. The Hall–Kier alpha value is -2.83. The second kappa shape index (κ2) is 7.59. The highest BCUT2D eigenvalue weighted by Crippen LogP contribution is 2.25. The lowest BCUT2D eigenvalue weighted by Crippen LogP contribution is -2.40. The number of aromatic carboxylic acids is 1.